The number of nitrogens with one attached hydrogen (secondary N) is 1. The van der Waals surface area contributed by atoms with E-state index in [2.05, 4.69) is 5.32 Å². The highest BCUT2D eigenvalue weighted by atomic mass is 19.4. The summed E-state index contributed by atoms with van der Waals surface area (Å²) in [7, 11) is 0. The largest absolute Gasteiger partial charge is 0.416 e. The first-order valence-electron chi connectivity index (χ1n) is 7.96. The van der Waals surface area contributed by atoms with Gasteiger partial charge in [0, 0.05) is 17.5 Å². The fraction of sp³-hybridized carbons (Fsp3) is 0.556. The molecular weight excluding hydrogens is 319 g/mol. The van der Waals surface area contributed by atoms with Gasteiger partial charge in [-0.3, -0.25) is 9.59 Å². The van der Waals surface area contributed by atoms with Gasteiger partial charge in [-0.05, 0) is 42.5 Å². The van der Waals surface area contributed by atoms with E-state index in [0.29, 0.717) is 18.5 Å². The quantitative estimate of drug-likeness (QED) is 0.866. The number of amides is 1. The first kappa shape index (κ1) is 17.0. The summed E-state index contributed by atoms with van der Waals surface area (Å²) >= 11 is 0. The monoisotopic (exact) mass is 339 g/mol. The number of rotatable bonds is 2. The van der Waals surface area contributed by atoms with Crippen molar-refractivity contribution in [1.29, 1.82) is 0 Å². The lowest BCUT2D eigenvalue weighted by molar-refractivity contribution is -0.137. The number of hydrogen-bond donors (Lipinski definition) is 1. The molecule has 2 bridgehead atoms. The average molecular weight is 339 g/mol. The molecule has 1 N–H and O–H groups in total. The molecule has 0 radical (unpaired) electrons. The van der Waals surface area contributed by atoms with Crippen LogP contribution >= 0.6 is 0 Å². The van der Waals surface area contributed by atoms with Crippen LogP contribution in [0, 0.1) is 16.2 Å². The molecule has 2 saturated carbocycles. The van der Waals surface area contributed by atoms with Crippen LogP contribution < -0.4 is 5.32 Å². The van der Waals surface area contributed by atoms with Gasteiger partial charge in [0.2, 0.25) is 5.91 Å². The Morgan fingerprint density at radius 3 is 2.08 bits per heavy atom. The molecule has 0 aromatic heterocycles. The Balaban J connectivity index is 1.85. The normalized spacial score (nSPS) is 31.3. The lowest BCUT2D eigenvalue weighted by Crippen LogP contribution is -2.43. The van der Waals surface area contributed by atoms with Gasteiger partial charge in [0.1, 0.15) is 5.78 Å². The van der Waals surface area contributed by atoms with Crippen molar-refractivity contribution in [2.45, 2.75) is 46.2 Å². The topological polar surface area (TPSA) is 46.2 Å². The third kappa shape index (κ3) is 2.04. The summed E-state index contributed by atoms with van der Waals surface area (Å²) in [5.41, 5.74) is -2.23. The molecule has 3 nitrogen and oxygen atoms in total. The van der Waals surface area contributed by atoms with E-state index < -0.39 is 28.0 Å². The molecule has 0 unspecified atom stereocenters. The highest BCUT2D eigenvalue weighted by Crippen LogP contribution is 2.70. The molecule has 3 rings (SSSR count). The summed E-state index contributed by atoms with van der Waals surface area (Å²) in [4.78, 5) is 25.3. The van der Waals surface area contributed by atoms with Crippen LogP contribution in [0.15, 0.2) is 24.3 Å². The summed E-state index contributed by atoms with van der Waals surface area (Å²) in [6.07, 6.45) is -2.93. The van der Waals surface area contributed by atoms with Gasteiger partial charge in [-0.1, -0.05) is 20.8 Å². The fourth-order valence-corrected chi connectivity index (χ4v) is 4.35. The predicted molar refractivity (Wildman–Crippen MR) is 83.3 cm³/mol. The number of carbonyl (C=O) groups excluding carboxylic acids is 2. The van der Waals surface area contributed by atoms with Crippen LogP contribution in [-0.2, 0) is 15.8 Å². The summed E-state index contributed by atoms with van der Waals surface area (Å²) in [6, 6.07) is 4.37. The van der Waals surface area contributed by atoms with Gasteiger partial charge in [-0.15, -0.1) is 0 Å². The Morgan fingerprint density at radius 2 is 1.67 bits per heavy atom. The van der Waals surface area contributed by atoms with Gasteiger partial charge in [0.25, 0.3) is 0 Å². The van der Waals surface area contributed by atoms with Crippen LogP contribution in [0.4, 0.5) is 18.9 Å². The van der Waals surface area contributed by atoms with Crippen molar-refractivity contribution in [1.82, 2.24) is 0 Å². The lowest BCUT2D eigenvalue weighted by Gasteiger charge is -2.38. The van der Waals surface area contributed by atoms with Crippen molar-refractivity contribution in [2.24, 2.45) is 16.2 Å². The number of carbonyl (C=O) groups is 2. The third-order valence-electron chi connectivity index (χ3n) is 6.61. The van der Waals surface area contributed by atoms with Crippen molar-refractivity contribution < 1.29 is 22.8 Å². The highest BCUT2D eigenvalue weighted by molar-refractivity contribution is 6.04. The Morgan fingerprint density at radius 1 is 1.08 bits per heavy atom. The minimum absolute atomic E-state index is 0.0984. The second-order valence-electron chi connectivity index (χ2n) is 7.67. The van der Waals surface area contributed by atoms with E-state index in [9.17, 15) is 22.8 Å². The van der Waals surface area contributed by atoms with E-state index in [0.717, 1.165) is 12.1 Å². The van der Waals surface area contributed by atoms with Crippen LogP contribution in [0.2, 0.25) is 0 Å². The van der Waals surface area contributed by atoms with Gasteiger partial charge in [-0.25, -0.2) is 0 Å². The number of alkyl halides is 3. The Labute approximate surface area is 138 Å². The standard InChI is InChI=1S/C18H20F3NO2/c1-15(2)16(3)8-9-17(15,10-13(16)23)14(24)22-12-6-4-11(5-7-12)18(19,20)21/h4-7H,8-10H2,1-3H3,(H,22,24)/t16-,17+/m0/s1. The SMILES string of the molecule is CC1(C)[C@]2(C(=O)Nc3ccc(C(F)(F)F)cc3)CC[C@@]1(C)C(=O)C2. The van der Waals surface area contributed by atoms with Crippen LogP contribution in [0.3, 0.4) is 0 Å². The molecule has 2 atom stereocenters. The van der Waals surface area contributed by atoms with E-state index in [1.807, 2.05) is 20.8 Å². The number of halogens is 3. The van der Waals surface area contributed by atoms with Crippen molar-refractivity contribution in [2.75, 3.05) is 5.32 Å². The zero-order valence-corrected chi connectivity index (χ0v) is 13.9. The molecule has 1 aromatic carbocycles. The summed E-state index contributed by atoms with van der Waals surface area (Å²) in [6.45, 7) is 5.80. The number of anilines is 1. The number of benzene rings is 1. The molecular formula is C18H20F3NO2. The summed E-state index contributed by atoms with van der Waals surface area (Å²) in [5, 5.41) is 2.72. The minimum atomic E-state index is -4.41. The molecule has 2 aliphatic rings. The Kier molecular flexibility index (Phi) is 3.42. The van der Waals surface area contributed by atoms with Crippen molar-refractivity contribution in [3.8, 4) is 0 Å². The van der Waals surface area contributed by atoms with Gasteiger partial charge in [0.15, 0.2) is 0 Å². The predicted octanol–water partition coefficient (Wildman–Crippen LogP) is 4.43. The molecule has 0 spiro atoms. The summed E-state index contributed by atoms with van der Waals surface area (Å²) < 4.78 is 37.8. The molecule has 130 valence electrons. The van der Waals surface area contributed by atoms with E-state index in [1.54, 1.807) is 0 Å². The molecule has 6 heteroatoms. The number of Topliss-reactive ketones (excluding diaryl/α,β-unsaturated/α-hetero) is 1. The van der Waals surface area contributed by atoms with Crippen LogP contribution in [-0.4, -0.2) is 11.7 Å². The molecule has 0 aliphatic heterocycles. The van der Waals surface area contributed by atoms with Crippen molar-refractivity contribution in [3.05, 3.63) is 29.8 Å². The third-order valence-corrected chi connectivity index (χ3v) is 6.61. The molecule has 1 aromatic rings. The molecule has 1 amide bonds. The molecule has 0 saturated heterocycles. The minimum Gasteiger partial charge on any atom is -0.326 e. The van der Waals surface area contributed by atoms with Gasteiger partial charge in [-0.2, -0.15) is 13.2 Å². The molecule has 2 fully saturated rings. The Bertz CT molecular complexity index is 708. The molecule has 24 heavy (non-hydrogen) atoms. The number of fused-ring (bicyclic) bond motifs is 2. The fourth-order valence-electron chi connectivity index (χ4n) is 4.35. The number of hydrogen-bond acceptors (Lipinski definition) is 2. The first-order chi connectivity index (χ1) is 10.9. The van der Waals surface area contributed by atoms with Crippen molar-refractivity contribution >= 4 is 17.4 Å². The zero-order valence-electron chi connectivity index (χ0n) is 13.9. The maximum atomic E-state index is 12.9. The van der Waals surface area contributed by atoms with Gasteiger partial charge in [0.05, 0.1) is 11.0 Å². The lowest BCUT2D eigenvalue weighted by atomic mass is 9.64. The first-order valence-corrected chi connectivity index (χ1v) is 7.96. The number of ketones is 1. The maximum Gasteiger partial charge on any atom is 0.416 e. The van der Waals surface area contributed by atoms with E-state index in [-0.39, 0.29) is 18.1 Å². The van der Waals surface area contributed by atoms with E-state index >= 15 is 0 Å². The maximum absolute atomic E-state index is 12.9. The van der Waals surface area contributed by atoms with Gasteiger partial charge >= 0.3 is 6.18 Å². The smallest absolute Gasteiger partial charge is 0.326 e. The second kappa shape index (κ2) is 4.83. The Hall–Kier alpha value is -1.85. The van der Waals surface area contributed by atoms with Crippen LogP contribution in [0.5, 0.6) is 0 Å². The molecule has 2 aliphatic carbocycles. The van der Waals surface area contributed by atoms with Crippen molar-refractivity contribution in [3.63, 3.8) is 0 Å². The van der Waals surface area contributed by atoms with E-state index in [1.165, 1.54) is 12.1 Å². The molecule has 0 heterocycles. The highest BCUT2D eigenvalue weighted by Gasteiger charge is 2.72. The zero-order chi connectivity index (χ0) is 18.0. The van der Waals surface area contributed by atoms with Gasteiger partial charge < -0.3 is 5.32 Å². The average Bonchev–Trinajstić information content (AvgIpc) is 2.77. The van der Waals surface area contributed by atoms with Crippen LogP contribution in [0.25, 0.3) is 0 Å². The van der Waals surface area contributed by atoms with E-state index in [4.69, 9.17) is 0 Å². The summed E-state index contributed by atoms with van der Waals surface area (Å²) in [5.74, 6) is -0.178. The second-order valence-corrected chi connectivity index (χ2v) is 7.67. The van der Waals surface area contributed by atoms with Crippen LogP contribution in [0.1, 0.15) is 45.6 Å².